The average molecular weight is 335 g/mol. The molecule has 0 aliphatic heterocycles. The fraction of sp³-hybridized carbons (Fsp3) is 0.176. The number of hydrogen-bond donors (Lipinski definition) is 1. The number of nitrogens with one attached hydrogen (secondary N) is 1. The summed E-state index contributed by atoms with van der Waals surface area (Å²) in [5, 5.41) is 2.67. The number of halogens is 2. The molecule has 0 saturated carbocycles. The average Bonchev–Trinajstić information content (AvgIpc) is 2.52. The monoisotopic (exact) mass is 335 g/mol. The van der Waals surface area contributed by atoms with Crippen molar-refractivity contribution in [3.8, 4) is 0 Å². The zero-order chi connectivity index (χ0) is 16.8. The van der Waals surface area contributed by atoms with Crippen LogP contribution in [0.2, 0.25) is 0 Å². The molecule has 0 aliphatic rings. The van der Waals surface area contributed by atoms with E-state index in [-0.39, 0.29) is 22.3 Å². The van der Waals surface area contributed by atoms with Gasteiger partial charge in [-0.15, -0.1) is 11.8 Å². The Morgan fingerprint density at radius 2 is 1.78 bits per heavy atom. The SMILES string of the molecule is CC(=O)NCc1ccc(C(=O)CSc2ccc(F)cc2F)cc1. The topological polar surface area (TPSA) is 46.2 Å². The molecule has 0 radical (unpaired) electrons. The lowest BCUT2D eigenvalue weighted by molar-refractivity contribution is -0.119. The molecule has 3 nitrogen and oxygen atoms in total. The number of rotatable bonds is 6. The first kappa shape index (κ1) is 17.1. The van der Waals surface area contributed by atoms with Crippen LogP contribution in [0.15, 0.2) is 47.4 Å². The van der Waals surface area contributed by atoms with Gasteiger partial charge >= 0.3 is 0 Å². The van der Waals surface area contributed by atoms with Crippen LogP contribution >= 0.6 is 11.8 Å². The molecule has 0 saturated heterocycles. The summed E-state index contributed by atoms with van der Waals surface area (Å²) in [5.74, 6) is -1.53. The summed E-state index contributed by atoms with van der Waals surface area (Å²) in [6.07, 6.45) is 0. The van der Waals surface area contributed by atoms with Crippen molar-refractivity contribution in [3.63, 3.8) is 0 Å². The van der Waals surface area contributed by atoms with Crippen molar-refractivity contribution in [1.29, 1.82) is 0 Å². The van der Waals surface area contributed by atoms with Crippen molar-refractivity contribution in [2.45, 2.75) is 18.4 Å². The third kappa shape index (κ3) is 5.17. The fourth-order valence-corrected chi connectivity index (χ4v) is 2.67. The van der Waals surface area contributed by atoms with Gasteiger partial charge in [-0.3, -0.25) is 9.59 Å². The molecule has 23 heavy (non-hydrogen) atoms. The predicted molar refractivity (Wildman–Crippen MR) is 85.4 cm³/mol. The number of amides is 1. The largest absolute Gasteiger partial charge is 0.352 e. The Bertz CT molecular complexity index is 717. The molecule has 2 rings (SSSR count). The second kappa shape index (κ2) is 7.87. The summed E-state index contributed by atoms with van der Waals surface area (Å²) in [6.45, 7) is 1.84. The van der Waals surface area contributed by atoms with Crippen LogP contribution in [-0.4, -0.2) is 17.4 Å². The van der Waals surface area contributed by atoms with Crippen molar-refractivity contribution < 1.29 is 18.4 Å². The van der Waals surface area contributed by atoms with E-state index in [0.717, 1.165) is 29.5 Å². The van der Waals surface area contributed by atoms with E-state index < -0.39 is 11.6 Å². The Kier molecular flexibility index (Phi) is 5.87. The molecule has 0 unspecified atom stereocenters. The van der Waals surface area contributed by atoms with Crippen LogP contribution in [0.4, 0.5) is 8.78 Å². The molecule has 6 heteroatoms. The summed E-state index contributed by atoms with van der Waals surface area (Å²) in [5.41, 5.74) is 1.39. The molecule has 2 aromatic carbocycles. The lowest BCUT2D eigenvalue weighted by Gasteiger charge is -2.05. The Labute approximate surface area is 137 Å². The van der Waals surface area contributed by atoms with E-state index in [1.54, 1.807) is 24.3 Å². The van der Waals surface area contributed by atoms with Gasteiger partial charge in [0.15, 0.2) is 5.78 Å². The number of ketones is 1. The van der Waals surface area contributed by atoms with E-state index in [4.69, 9.17) is 0 Å². The van der Waals surface area contributed by atoms with Gasteiger partial charge in [0.1, 0.15) is 11.6 Å². The molecule has 1 N–H and O–H groups in total. The van der Waals surface area contributed by atoms with Gasteiger partial charge in [0, 0.05) is 30.0 Å². The van der Waals surface area contributed by atoms with E-state index >= 15 is 0 Å². The molecule has 120 valence electrons. The van der Waals surface area contributed by atoms with Crippen molar-refractivity contribution >= 4 is 23.5 Å². The Balaban J connectivity index is 1.94. The maximum absolute atomic E-state index is 13.5. The summed E-state index contributed by atoms with van der Waals surface area (Å²) in [6, 6.07) is 10.1. The Morgan fingerprint density at radius 3 is 2.39 bits per heavy atom. The number of Topliss-reactive ketones (excluding diaryl/α,β-unsaturated/α-hetero) is 1. The summed E-state index contributed by atoms with van der Waals surface area (Å²) in [4.78, 5) is 23.2. The van der Waals surface area contributed by atoms with Crippen LogP contribution in [0.25, 0.3) is 0 Å². The highest BCUT2D eigenvalue weighted by molar-refractivity contribution is 8.00. The smallest absolute Gasteiger partial charge is 0.217 e. The van der Waals surface area contributed by atoms with E-state index in [1.165, 1.54) is 13.0 Å². The van der Waals surface area contributed by atoms with Crippen LogP contribution in [0.5, 0.6) is 0 Å². The lowest BCUT2D eigenvalue weighted by atomic mass is 10.1. The summed E-state index contributed by atoms with van der Waals surface area (Å²) in [7, 11) is 0. The number of carbonyl (C=O) groups is 2. The molecular formula is C17H15F2NO2S. The van der Waals surface area contributed by atoms with Gasteiger partial charge < -0.3 is 5.32 Å². The normalized spacial score (nSPS) is 10.4. The zero-order valence-corrected chi connectivity index (χ0v) is 13.3. The first-order valence-electron chi connectivity index (χ1n) is 6.90. The third-order valence-electron chi connectivity index (χ3n) is 3.07. The van der Waals surface area contributed by atoms with Gasteiger partial charge in [-0.05, 0) is 17.7 Å². The highest BCUT2D eigenvalue weighted by Crippen LogP contribution is 2.23. The van der Waals surface area contributed by atoms with Crippen LogP contribution in [0.1, 0.15) is 22.8 Å². The first-order chi connectivity index (χ1) is 11.0. The second-order valence-electron chi connectivity index (χ2n) is 4.89. The Hall–Kier alpha value is -2.21. The highest BCUT2D eigenvalue weighted by atomic mass is 32.2. The van der Waals surface area contributed by atoms with E-state index in [9.17, 15) is 18.4 Å². The number of benzene rings is 2. The molecular weight excluding hydrogens is 320 g/mol. The fourth-order valence-electron chi connectivity index (χ4n) is 1.85. The van der Waals surface area contributed by atoms with Crippen molar-refractivity contribution in [2.24, 2.45) is 0 Å². The van der Waals surface area contributed by atoms with Gasteiger partial charge in [-0.25, -0.2) is 8.78 Å². The summed E-state index contributed by atoms with van der Waals surface area (Å²) < 4.78 is 26.3. The molecule has 0 spiro atoms. The molecule has 1 amide bonds. The minimum Gasteiger partial charge on any atom is -0.352 e. The van der Waals surface area contributed by atoms with Gasteiger partial charge in [-0.1, -0.05) is 24.3 Å². The van der Waals surface area contributed by atoms with Gasteiger partial charge in [-0.2, -0.15) is 0 Å². The van der Waals surface area contributed by atoms with Crippen molar-refractivity contribution in [2.75, 3.05) is 5.75 Å². The predicted octanol–water partition coefficient (Wildman–Crippen LogP) is 3.58. The molecule has 0 fully saturated rings. The third-order valence-corrected chi connectivity index (χ3v) is 4.12. The van der Waals surface area contributed by atoms with Crippen LogP contribution in [0.3, 0.4) is 0 Å². The van der Waals surface area contributed by atoms with Gasteiger partial charge in [0.05, 0.1) is 5.75 Å². The minimum absolute atomic E-state index is 0.0631. The van der Waals surface area contributed by atoms with Crippen LogP contribution < -0.4 is 5.32 Å². The summed E-state index contributed by atoms with van der Waals surface area (Å²) >= 11 is 1.03. The minimum atomic E-state index is -0.673. The molecule has 0 heterocycles. The highest BCUT2D eigenvalue weighted by Gasteiger charge is 2.10. The van der Waals surface area contributed by atoms with E-state index in [1.807, 2.05) is 0 Å². The molecule has 2 aromatic rings. The van der Waals surface area contributed by atoms with Gasteiger partial charge in [0.25, 0.3) is 0 Å². The molecule has 0 bridgehead atoms. The molecule has 0 aliphatic carbocycles. The van der Waals surface area contributed by atoms with E-state index in [0.29, 0.717) is 12.1 Å². The zero-order valence-electron chi connectivity index (χ0n) is 12.4. The first-order valence-corrected chi connectivity index (χ1v) is 7.88. The lowest BCUT2D eigenvalue weighted by Crippen LogP contribution is -2.18. The molecule has 0 aromatic heterocycles. The maximum Gasteiger partial charge on any atom is 0.217 e. The van der Waals surface area contributed by atoms with Crippen LogP contribution in [0, 0.1) is 11.6 Å². The standard InChI is InChI=1S/C17H15F2NO2S/c1-11(21)20-9-12-2-4-13(5-3-12)16(22)10-23-17-7-6-14(18)8-15(17)19/h2-8H,9-10H2,1H3,(H,20,21). The second-order valence-corrected chi connectivity index (χ2v) is 5.91. The maximum atomic E-state index is 13.5. The number of hydrogen-bond acceptors (Lipinski definition) is 3. The van der Waals surface area contributed by atoms with Crippen LogP contribution in [-0.2, 0) is 11.3 Å². The molecule has 0 atom stereocenters. The van der Waals surface area contributed by atoms with Gasteiger partial charge in [0.2, 0.25) is 5.91 Å². The number of thioether (sulfide) groups is 1. The quantitative estimate of drug-likeness (QED) is 0.648. The van der Waals surface area contributed by atoms with Crippen molar-refractivity contribution in [1.82, 2.24) is 5.32 Å². The number of carbonyl (C=O) groups excluding carboxylic acids is 2. The van der Waals surface area contributed by atoms with Crippen molar-refractivity contribution in [3.05, 3.63) is 65.2 Å². The van der Waals surface area contributed by atoms with E-state index in [2.05, 4.69) is 5.32 Å². The Morgan fingerprint density at radius 1 is 1.09 bits per heavy atom.